The maximum Gasteiger partial charge on any atom is 0.405 e. The molecule has 0 aliphatic carbocycles. The van der Waals surface area contributed by atoms with Gasteiger partial charge in [0.1, 0.15) is 12.2 Å². The monoisotopic (exact) mass is 405 g/mol. The van der Waals surface area contributed by atoms with Crippen molar-refractivity contribution in [2.45, 2.75) is 6.54 Å². The number of nitrogens with one attached hydrogen (secondary N) is 2. The third kappa shape index (κ3) is 3.83. The lowest BCUT2D eigenvalue weighted by Gasteiger charge is -2.19. The van der Waals surface area contributed by atoms with Gasteiger partial charge in [-0.05, 0) is 17.7 Å². The summed E-state index contributed by atoms with van der Waals surface area (Å²) in [5.41, 5.74) is 3.15. The zero-order valence-corrected chi connectivity index (χ0v) is 16.1. The number of H-pyrrole nitrogens is 1. The van der Waals surface area contributed by atoms with E-state index in [2.05, 4.69) is 25.8 Å². The predicted molar refractivity (Wildman–Crippen MR) is 110 cm³/mol. The second kappa shape index (κ2) is 8.03. The molecule has 152 valence electrons. The molecule has 0 bridgehead atoms. The summed E-state index contributed by atoms with van der Waals surface area (Å²) in [6, 6.07) is 15.3. The molecule has 0 unspecified atom stereocenters. The predicted octanol–water partition coefficient (Wildman–Crippen LogP) is 2.10. The topological polar surface area (TPSA) is 129 Å². The summed E-state index contributed by atoms with van der Waals surface area (Å²) in [5, 5.41) is 27.3. The van der Waals surface area contributed by atoms with E-state index in [1.807, 2.05) is 48.5 Å². The number of carbonyl (C=O) groups is 2. The molecule has 2 heterocycles. The second-order valence-corrected chi connectivity index (χ2v) is 6.69. The van der Waals surface area contributed by atoms with Gasteiger partial charge in [0.15, 0.2) is 5.82 Å². The smallest absolute Gasteiger partial charge is 0.405 e. The fourth-order valence-corrected chi connectivity index (χ4v) is 3.17. The molecule has 0 radical (unpaired) electrons. The van der Waals surface area contributed by atoms with Crippen LogP contribution in [0.15, 0.2) is 54.7 Å². The molecule has 0 saturated carbocycles. The Balaban J connectivity index is 1.75. The van der Waals surface area contributed by atoms with E-state index in [1.54, 1.807) is 17.9 Å². The van der Waals surface area contributed by atoms with Crippen LogP contribution in [0, 0.1) is 0 Å². The Bertz CT molecular complexity index is 1200. The lowest BCUT2D eigenvalue weighted by molar-refractivity contribution is -0.117. The number of rotatable bonds is 6. The van der Waals surface area contributed by atoms with Crippen LogP contribution in [-0.4, -0.2) is 55.9 Å². The van der Waals surface area contributed by atoms with Crippen molar-refractivity contribution < 1.29 is 14.7 Å². The molecule has 2 aromatic heterocycles. The molecule has 10 nitrogen and oxygen atoms in total. The second-order valence-electron chi connectivity index (χ2n) is 6.69. The van der Waals surface area contributed by atoms with Crippen LogP contribution in [0.25, 0.3) is 22.2 Å². The molecule has 4 rings (SSSR count). The van der Waals surface area contributed by atoms with E-state index in [4.69, 9.17) is 5.11 Å². The number of benzene rings is 2. The first-order chi connectivity index (χ1) is 14.5. The number of nitrogens with zero attached hydrogens (tertiary/aromatic N) is 5. The van der Waals surface area contributed by atoms with Crippen molar-refractivity contribution in [2.24, 2.45) is 0 Å². The Kier molecular flexibility index (Phi) is 5.12. The summed E-state index contributed by atoms with van der Waals surface area (Å²) >= 11 is 0. The van der Waals surface area contributed by atoms with E-state index < -0.39 is 12.0 Å². The van der Waals surface area contributed by atoms with Gasteiger partial charge in [0.25, 0.3) is 0 Å². The van der Waals surface area contributed by atoms with Crippen LogP contribution in [-0.2, 0) is 11.3 Å². The Morgan fingerprint density at radius 3 is 2.77 bits per heavy atom. The first-order valence-electron chi connectivity index (χ1n) is 9.17. The van der Waals surface area contributed by atoms with E-state index in [-0.39, 0.29) is 6.54 Å². The van der Waals surface area contributed by atoms with Gasteiger partial charge in [0, 0.05) is 18.0 Å². The van der Waals surface area contributed by atoms with E-state index in [0.717, 1.165) is 22.0 Å². The average Bonchev–Trinajstić information content (AvgIpc) is 3.38. The number of anilines is 1. The first-order valence-corrected chi connectivity index (χ1v) is 9.17. The number of aromatic nitrogens is 5. The van der Waals surface area contributed by atoms with E-state index >= 15 is 0 Å². The van der Waals surface area contributed by atoms with Crippen LogP contribution in [0.3, 0.4) is 0 Å². The molecule has 2 amide bonds. The van der Waals surface area contributed by atoms with Gasteiger partial charge in [-0.15, -0.1) is 5.10 Å². The average molecular weight is 405 g/mol. The van der Waals surface area contributed by atoms with Gasteiger partial charge < -0.3 is 10.4 Å². The highest BCUT2D eigenvalue weighted by atomic mass is 16.4. The highest BCUT2D eigenvalue weighted by Gasteiger charge is 2.23. The minimum atomic E-state index is -1.27. The highest BCUT2D eigenvalue weighted by Crippen LogP contribution is 2.30. The summed E-state index contributed by atoms with van der Waals surface area (Å²) in [7, 11) is 1.58. The van der Waals surface area contributed by atoms with Crippen LogP contribution in [0.1, 0.15) is 5.56 Å². The van der Waals surface area contributed by atoms with Gasteiger partial charge in [0.05, 0.1) is 18.3 Å². The van der Waals surface area contributed by atoms with Crippen molar-refractivity contribution in [3.05, 3.63) is 60.3 Å². The number of likely N-dealkylation sites (N-methyl/N-ethyl adjacent to an activating group) is 1. The number of aromatic amines is 1. The third-order valence-electron chi connectivity index (χ3n) is 4.68. The third-order valence-corrected chi connectivity index (χ3v) is 4.68. The van der Waals surface area contributed by atoms with Crippen molar-refractivity contribution in [3.8, 4) is 11.3 Å². The summed E-state index contributed by atoms with van der Waals surface area (Å²) < 4.78 is 1.63. The Morgan fingerprint density at radius 2 is 2.00 bits per heavy atom. The van der Waals surface area contributed by atoms with Gasteiger partial charge in [-0.25, -0.2) is 9.48 Å². The molecule has 0 spiro atoms. The van der Waals surface area contributed by atoms with Crippen molar-refractivity contribution in [3.63, 3.8) is 0 Å². The Labute approximate surface area is 171 Å². The molecule has 3 N–H and O–H groups in total. The van der Waals surface area contributed by atoms with E-state index in [0.29, 0.717) is 18.1 Å². The van der Waals surface area contributed by atoms with Crippen molar-refractivity contribution >= 4 is 28.7 Å². The van der Waals surface area contributed by atoms with Gasteiger partial charge in [-0.1, -0.05) is 41.6 Å². The van der Waals surface area contributed by atoms with Crippen molar-refractivity contribution in [2.75, 3.05) is 18.5 Å². The minimum absolute atomic E-state index is 0.359. The number of hydrogen-bond donors (Lipinski definition) is 3. The lowest BCUT2D eigenvalue weighted by atomic mass is 10.1. The van der Waals surface area contributed by atoms with Crippen molar-refractivity contribution in [1.29, 1.82) is 0 Å². The fraction of sp³-hybridized carbons (Fsp3) is 0.150. The molecular formula is C20H19N7O3. The largest absolute Gasteiger partial charge is 0.465 e. The molecule has 2 aromatic carbocycles. The fourth-order valence-electron chi connectivity index (χ4n) is 3.17. The number of hydrogen-bond acceptors (Lipinski definition) is 5. The van der Waals surface area contributed by atoms with Crippen LogP contribution in [0.4, 0.5) is 10.6 Å². The molecular weight excluding hydrogens is 386 g/mol. The highest BCUT2D eigenvalue weighted by molar-refractivity contribution is 5.98. The van der Waals surface area contributed by atoms with Gasteiger partial charge in [-0.3, -0.25) is 14.8 Å². The minimum Gasteiger partial charge on any atom is -0.465 e. The van der Waals surface area contributed by atoms with Gasteiger partial charge >= 0.3 is 6.09 Å². The lowest BCUT2D eigenvalue weighted by Crippen LogP contribution is -2.38. The summed E-state index contributed by atoms with van der Waals surface area (Å²) in [4.78, 5) is 24.8. The SMILES string of the molecule is CN(C(=O)CNC(=O)O)c1c(-c2ccc3[nH]ncc3c2)nnn1Cc1ccccc1. The first kappa shape index (κ1) is 19.1. The Morgan fingerprint density at radius 1 is 1.20 bits per heavy atom. The number of fused-ring (bicyclic) bond motifs is 1. The maximum atomic E-state index is 12.6. The maximum absolute atomic E-state index is 12.6. The van der Waals surface area contributed by atoms with E-state index in [9.17, 15) is 9.59 Å². The molecule has 10 heteroatoms. The van der Waals surface area contributed by atoms with Crippen LogP contribution >= 0.6 is 0 Å². The van der Waals surface area contributed by atoms with Crippen LogP contribution in [0.2, 0.25) is 0 Å². The van der Waals surface area contributed by atoms with Crippen molar-refractivity contribution in [1.82, 2.24) is 30.5 Å². The van der Waals surface area contributed by atoms with Gasteiger partial charge in [-0.2, -0.15) is 5.10 Å². The molecule has 30 heavy (non-hydrogen) atoms. The molecule has 0 aliphatic rings. The molecule has 4 aromatic rings. The number of carbonyl (C=O) groups excluding carboxylic acids is 1. The quantitative estimate of drug-likeness (QED) is 0.451. The molecule has 0 aliphatic heterocycles. The zero-order chi connectivity index (χ0) is 21.1. The molecule has 0 atom stereocenters. The normalized spacial score (nSPS) is 10.8. The Hall–Kier alpha value is -4.21. The standard InChI is InChI=1S/C20H19N7O3/c1-26(17(28)11-21-20(29)30)19-18(14-7-8-16-15(9-14)10-22-23-16)24-25-27(19)12-13-5-3-2-4-6-13/h2-10,21H,11-12H2,1H3,(H,22,23)(H,29,30). The summed E-state index contributed by atoms with van der Waals surface area (Å²) in [6.45, 7) is 0.0453. The van der Waals surface area contributed by atoms with Crippen LogP contribution < -0.4 is 10.2 Å². The number of amides is 2. The molecule has 0 fully saturated rings. The number of carboxylic acid groups (broad SMARTS) is 1. The van der Waals surface area contributed by atoms with Crippen LogP contribution in [0.5, 0.6) is 0 Å². The molecule has 0 saturated heterocycles. The summed E-state index contributed by atoms with van der Waals surface area (Å²) in [5.74, 6) is 0.0403. The van der Waals surface area contributed by atoms with E-state index in [1.165, 1.54) is 4.90 Å². The summed E-state index contributed by atoms with van der Waals surface area (Å²) in [6.07, 6.45) is 0.441. The van der Waals surface area contributed by atoms with Gasteiger partial charge in [0.2, 0.25) is 5.91 Å². The zero-order valence-electron chi connectivity index (χ0n) is 16.1.